The van der Waals surface area contributed by atoms with Gasteiger partial charge < -0.3 is 15.0 Å². The largest absolute Gasteiger partial charge is 0.462 e. The number of fused-ring (bicyclic) bond motifs is 1. The number of aromatic amines is 1. The van der Waals surface area contributed by atoms with E-state index in [1.54, 1.807) is 31.2 Å². The fraction of sp³-hybridized carbons (Fsp3) is 0.333. The number of anilines is 1. The maximum atomic E-state index is 12.4. The van der Waals surface area contributed by atoms with Gasteiger partial charge in [-0.05, 0) is 38.0 Å². The van der Waals surface area contributed by atoms with Crippen molar-refractivity contribution < 1.29 is 14.3 Å². The van der Waals surface area contributed by atoms with Gasteiger partial charge in [0, 0.05) is 17.7 Å². The number of ether oxygens (including phenoxy) is 1. The van der Waals surface area contributed by atoms with E-state index < -0.39 is 5.97 Å². The molecular formula is C21H23N3O4S. The first-order chi connectivity index (χ1) is 14.0. The molecule has 0 aliphatic carbocycles. The third-order valence-corrected chi connectivity index (χ3v) is 5.55. The van der Waals surface area contributed by atoms with Gasteiger partial charge in [-0.3, -0.25) is 9.59 Å². The number of aryl methyl sites for hydroxylation is 2. The summed E-state index contributed by atoms with van der Waals surface area (Å²) in [6.07, 6.45) is 2.02. The summed E-state index contributed by atoms with van der Waals surface area (Å²) in [6, 6.07) is 8.91. The Labute approximate surface area is 172 Å². The number of carbonyl (C=O) groups is 2. The van der Waals surface area contributed by atoms with Crippen LogP contribution in [-0.2, 0) is 22.4 Å². The average molecular weight is 413 g/mol. The molecule has 3 rings (SSSR count). The molecule has 1 aromatic carbocycles. The third kappa shape index (κ3) is 5.08. The number of aromatic nitrogens is 2. The van der Waals surface area contributed by atoms with Gasteiger partial charge in [-0.2, -0.15) is 0 Å². The van der Waals surface area contributed by atoms with E-state index in [1.807, 2.05) is 13.0 Å². The van der Waals surface area contributed by atoms with E-state index in [-0.39, 0.29) is 24.5 Å². The lowest BCUT2D eigenvalue weighted by atomic mass is 10.2. The lowest BCUT2D eigenvalue weighted by Gasteiger charge is -2.06. The first-order valence-electron chi connectivity index (χ1n) is 9.59. The number of para-hydroxylation sites is 1. The quantitative estimate of drug-likeness (QED) is 0.549. The summed E-state index contributed by atoms with van der Waals surface area (Å²) in [5.41, 5.74) is 0.850. The summed E-state index contributed by atoms with van der Waals surface area (Å²) in [5.74, 6) is -0.0713. The second-order valence-corrected chi connectivity index (χ2v) is 7.60. The first-order valence-corrected chi connectivity index (χ1v) is 10.4. The smallest absolute Gasteiger partial charge is 0.341 e. The summed E-state index contributed by atoms with van der Waals surface area (Å²) < 4.78 is 5.07. The van der Waals surface area contributed by atoms with Crippen LogP contribution >= 0.6 is 11.3 Å². The molecule has 1 amide bonds. The number of thiophene rings is 1. The van der Waals surface area contributed by atoms with Gasteiger partial charge in [-0.15, -0.1) is 11.3 Å². The fourth-order valence-corrected chi connectivity index (χ4v) is 3.93. The van der Waals surface area contributed by atoms with E-state index in [0.29, 0.717) is 40.1 Å². The molecule has 0 bridgehead atoms. The molecule has 2 heterocycles. The summed E-state index contributed by atoms with van der Waals surface area (Å²) in [4.78, 5) is 44.8. The number of benzene rings is 1. The number of nitrogens with zero attached hydrogens (tertiary/aromatic N) is 1. The van der Waals surface area contributed by atoms with E-state index in [9.17, 15) is 14.4 Å². The molecule has 29 heavy (non-hydrogen) atoms. The Bertz CT molecular complexity index is 1090. The van der Waals surface area contributed by atoms with Gasteiger partial charge in [0.05, 0.1) is 23.1 Å². The summed E-state index contributed by atoms with van der Waals surface area (Å²) in [7, 11) is 0. The zero-order valence-electron chi connectivity index (χ0n) is 16.4. The van der Waals surface area contributed by atoms with Gasteiger partial charge in [0.15, 0.2) is 0 Å². The first kappa shape index (κ1) is 20.7. The Hall–Kier alpha value is -3.00. The van der Waals surface area contributed by atoms with Crippen molar-refractivity contribution in [3.63, 3.8) is 0 Å². The molecule has 152 valence electrons. The predicted octanol–water partition coefficient (Wildman–Crippen LogP) is 3.69. The Morgan fingerprint density at radius 1 is 1.24 bits per heavy atom. The molecule has 0 spiro atoms. The van der Waals surface area contributed by atoms with Gasteiger partial charge >= 0.3 is 5.97 Å². The van der Waals surface area contributed by atoms with Crippen LogP contribution in [0, 0.1) is 0 Å². The number of hydrogen-bond acceptors (Lipinski definition) is 6. The van der Waals surface area contributed by atoms with Crippen LogP contribution in [0.4, 0.5) is 5.00 Å². The molecule has 0 atom stereocenters. The minimum absolute atomic E-state index is 0.181. The summed E-state index contributed by atoms with van der Waals surface area (Å²) in [6.45, 7) is 4.01. The van der Waals surface area contributed by atoms with Gasteiger partial charge in [-0.1, -0.05) is 19.1 Å². The number of nitrogens with one attached hydrogen (secondary N) is 2. The second-order valence-electron chi connectivity index (χ2n) is 6.46. The van der Waals surface area contributed by atoms with Crippen LogP contribution < -0.4 is 10.9 Å². The Kier molecular flexibility index (Phi) is 6.77. The number of amides is 1. The van der Waals surface area contributed by atoms with E-state index in [2.05, 4.69) is 15.3 Å². The van der Waals surface area contributed by atoms with E-state index in [1.165, 1.54) is 11.3 Å². The van der Waals surface area contributed by atoms with Gasteiger partial charge in [0.1, 0.15) is 10.8 Å². The molecule has 0 fully saturated rings. The molecule has 0 aliphatic rings. The van der Waals surface area contributed by atoms with Crippen molar-refractivity contribution in [2.24, 2.45) is 0 Å². The lowest BCUT2D eigenvalue weighted by Crippen LogP contribution is -2.15. The molecule has 0 unspecified atom stereocenters. The van der Waals surface area contributed by atoms with E-state index >= 15 is 0 Å². The van der Waals surface area contributed by atoms with Crippen molar-refractivity contribution >= 4 is 39.1 Å². The van der Waals surface area contributed by atoms with Crippen molar-refractivity contribution in [2.45, 2.75) is 39.5 Å². The molecule has 2 aromatic heterocycles. The van der Waals surface area contributed by atoms with Crippen LogP contribution in [0.5, 0.6) is 0 Å². The summed E-state index contributed by atoms with van der Waals surface area (Å²) >= 11 is 1.38. The lowest BCUT2D eigenvalue weighted by molar-refractivity contribution is -0.116. The standard InChI is InChI=1S/C21H23N3O4S/c1-3-13-12-15(21(27)28-4-2)20(29-13)24-18(25)11-7-10-17-22-16-9-6-5-8-14(16)19(26)23-17/h5-6,8-9,12H,3-4,7,10-11H2,1-2H3,(H,24,25)(H,22,23,26). The highest BCUT2D eigenvalue weighted by Gasteiger charge is 2.18. The highest BCUT2D eigenvalue weighted by Crippen LogP contribution is 2.29. The molecule has 3 aromatic rings. The topological polar surface area (TPSA) is 101 Å². The highest BCUT2D eigenvalue weighted by atomic mass is 32.1. The fourth-order valence-electron chi connectivity index (χ4n) is 2.93. The van der Waals surface area contributed by atoms with E-state index in [0.717, 1.165) is 11.3 Å². The number of esters is 1. The van der Waals surface area contributed by atoms with Gasteiger partial charge in [0.2, 0.25) is 5.91 Å². The Morgan fingerprint density at radius 2 is 2.03 bits per heavy atom. The molecule has 0 aliphatic heterocycles. The minimum Gasteiger partial charge on any atom is -0.462 e. The van der Waals surface area contributed by atoms with Crippen LogP contribution in [0.3, 0.4) is 0 Å². The number of carbonyl (C=O) groups excluding carboxylic acids is 2. The average Bonchev–Trinajstić information content (AvgIpc) is 3.11. The molecule has 2 N–H and O–H groups in total. The van der Waals surface area contributed by atoms with E-state index in [4.69, 9.17) is 4.74 Å². The number of H-pyrrole nitrogens is 1. The second kappa shape index (κ2) is 9.47. The van der Waals surface area contributed by atoms with Gasteiger partial charge in [0.25, 0.3) is 5.56 Å². The van der Waals surface area contributed by atoms with Crippen LogP contribution in [0.15, 0.2) is 35.1 Å². The van der Waals surface area contributed by atoms with Crippen molar-refractivity contribution in [1.29, 1.82) is 0 Å². The highest BCUT2D eigenvalue weighted by molar-refractivity contribution is 7.16. The third-order valence-electron chi connectivity index (χ3n) is 4.36. The summed E-state index contributed by atoms with van der Waals surface area (Å²) in [5, 5.41) is 3.88. The minimum atomic E-state index is -0.434. The molecule has 8 heteroatoms. The van der Waals surface area contributed by atoms with Gasteiger partial charge in [-0.25, -0.2) is 9.78 Å². The van der Waals surface area contributed by atoms with Crippen molar-refractivity contribution in [3.05, 3.63) is 57.0 Å². The zero-order valence-corrected chi connectivity index (χ0v) is 17.2. The van der Waals surface area contributed by atoms with Crippen LogP contribution in [0.2, 0.25) is 0 Å². The molecule has 0 saturated heterocycles. The predicted molar refractivity (Wildman–Crippen MR) is 114 cm³/mol. The Balaban J connectivity index is 1.61. The van der Waals surface area contributed by atoms with Crippen molar-refractivity contribution in [2.75, 3.05) is 11.9 Å². The van der Waals surface area contributed by atoms with Crippen molar-refractivity contribution in [1.82, 2.24) is 9.97 Å². The molecule has 0 saturated carbocycles. The van der Waals surface area contributed by atoms with Crippen LogP contribution in [0.25, 0.3) is 10.9 Å². The van der Waals surface area contributed by atoms with Crippen LogP contribution in [-0.4, -0.2) is 28.5 Å². The molecule has 0 radical (unpaired) electrons. The molecule has 7 nitrogen and oxygen atoms in total. The maximum Gasteiger partial charge on any atom is 0.341 e. The number of rotatable bonds is 8. The number of hydrogen-bond donors (Lipinski definition) is 2. The maximum absolute atomic E-state index is 12.4. The normalized spacial score (nSPS) is 10.8. The van der Waals surface area contributed by atoms with Crippen LogP contribution in [0.1, 0.15) is 47.7 Å². The monoisotopic (exact) mass is 413 g/mol. The molecular weight excluding hydrogens is 390 g/mol. The van der Waals surface area contributed by atoms with Crippen molar-refractivity contribution in [3.8, 4) is 0 Å². The Morgan fingerprint density at radius 3 is 2.79 bits per heavy atom. The SMILES string of the molecule is CCOC(=O)c1cc(CC)sc1NC(=O)CCCc1nc2ccccc2c(=O)[nH]1. The zero-order chi connectivity index (χ0) is 20.8.